The molecule has 92 valence electrons. The normalized spacial score (nSPS) is 9.71. The van der Waals surface area contributed by atoms with E-state index < -0.39 is 11.9 Å². The second kappa shape index (κ2) is 5.74. The van der Waals surface area contributed by atoms with Gasteiger partial charge in [0.2, 0.25) is 0 Å². The van der Waals surface area contributed by atoms with Crippen LogP contribution in [0.3, 0.4) is 0 Å². The molecule has 3 amide bonds. The van der Waals surface area contributed by atoms with E-state index in [2.05, 4.69) is 10.6 Å². The number of primary amides is 1. The van der Waals surface area contributed by atoms with Gasteiger partial charge in [0, 0.05) is 13.1 Å². The Hall–Kier alpha value is -2.24. The largest absolute Gasteiger partial charge is 0.507 e. The Balaban J connectivity index is 2.53. The molecular weight excluding hydrogens is 222 g/mol. The average molecular weight is 237 g/mol. The molecule has 0 radical (unpaired) electrons. The Morgan fingerprint density at radius 1 is 1.29 bits per heavy atom. The predicted molar refractivity (Wildman–Crippen MR) is 62.8 cm³/mol. The molecule has 0 bridgehead atoms. The molecule has 1 aromatic rings. The van der Waals surface area contributed by atoms with E-state index in [9.17, 15) is 14.7 Å². The monoisotopic (exact) mass is 237 g/mol. The van der Waals surface area contributed by atoms with E-state index in [4.69, 9.17) is 5.73 Å². The van der Waals surface area contributed by atoms with Gasteiger partial charge in [-0.2, -0.15) is 0 Å². The van der Waals surface area contributed by atoms with E-state index in [0.717, 1.165) is 0 Å². The number of hydrogen-bond donors (Lipinski definition) is 4. The minimum absolute atomic E-state index is 0.0344. The summed E-state index contributed by atoms with van der Waals surface area (Å²) in [6.45, 7) is 2.20. The van der Waals surface area contributed by atoms with Crippen LogP contribution in [-0.2, 0) is 0 Å². The maximum Gasteiger partial charge on any atom is 0.312 e. The second-order valence-electron chi connectivity index (χ2n) is 3.52. The third-order valence-corrected chi connectivity index (χ3v) is 2.19. The van der Waals surface area contributed by atoms with Gasteiger partial charge in [0.05, 0.1) is 5.56 Å². The fourth-order valence-corrected chi connectivity index (χ4v) is 1.30. The minimum atomic E-state index is -0.641. The molecule has 0 aliphatic heterocycles. The Kier molecular flexibility index (Phi) is 4.33. The van der Waals surface area contributed by atoms with Crippen molar-refractivity contribution in [2.24, 2.45) is 5.73 Å². The fraction of sp³-hybridized carbons (Fsp3) is 0.273. The number of hydrogen-bond acceptors (Lipinski definition) is 3. The van der Waals surface area contributed by atoms with Crippen molar-refractivity contribution in [2.75, 3.05) is 13.1 Å². The SMILES string of the molecule is Cc1cccc(C(=O)NCCNC(N)=O)c1O. The third kappa shape index (κ3) is 3.67. The van der Waals surface area contributed by atoms with Gasteiger partial charge in [-0.1, -0.05) is 12.1 Å². The highest BCUT2D eigenvalue weighted by atomic mass is 16.3. The van der Waals surface area contributed by atoms with Crippen LogP contribution < -0.4 is 16.4 Å². The first kappa shape index (κ1) is 12.8. The Morgan fingerprint density at radius 2 is 1.94 bits per heavy atom. The van der Waals surface area contributed by atoms with E-state index in [0.29, 0.717) is 5.56 Å². The molecule has 0 heterocycles. The molecule has 0 aliphatic carbocycles. The molecule has 5 N–H and O–H groups in total. The van der Waals surface area contributed by atoms with Gasteiger partial charge in [-0.15, -0.1) is 0 Å². The average Bonchev–Trinajstić information content (AvgIpc) is 2.27. The highest BCUT2D eigenvalue weighted by molar-refractivity contribution is 5.97. The standard InChI is InChI=1S/C11H15N3O3/c1-7-3-2-4-8(9(7)15)10(16)13-5-6-14-11(12)17/h2-4,15H,5-6H2,1H3,(H,13,16)(H3,12,14,17). The first-order valence-electron chi connectivity index (χ1n) is 5.12. The van der Waals surface area contributed by atoms with E-state index in [1.165, 1.54) is 6.07 Å². The van der Waals surface area contributed by atoms with Gasteiger partial charge >= 0.3 is 6.03 Å². The van der Waals surface area contributed by atoms with Crippen molar-refractivity contribution in [2.45, 2.75) is 6.92 Å². The highest BCUT2D eigenvalue weighted by Crippen LogP contribution is 2.20. The van der Waals surface area contributed by atoms with Gasteiger partial charge in [-0.05, 0) is 18.6 Å². The maximum absolute atomic E-state index is 11.6. The second-order valence-corrected chi connectivity index (χ2v) is 3.52. The van der Waals surface area contributed by atoms with Crippen LogP contribution in [0.2, 0.25) is 0 Å². The van der Waals surface area contributed by atoms with Crippen LogP contribution in [0.4, 0.5) is 4.79 Å². The molecule has 6 heteroatoms. The van der Waals surface area contributed by atoms with Crippen molar-refractivity contribution in [3.05, 3.63) is 29.3 Å². The molecule has 1 aromatic carbocycles. The summed E-state index contributed by atoms with van der Waals surface area (Å²) in [5, 5.41) is 14.6. The number of nitrogens with one attached hydrogen (secondary N) is 2. The molecule has 0 saturated carbocycles. The van der Waals surface area contributed by atoms with E-state index in [1.54, 1.807) is 19.1 Å². The van der Waals surface area contributed by atoms with Gasteiger partial charge in [0.15, 0.2) is 0 Å². The molecule has 0 atom stereocenters. The number of phenolic OH excluding ortho intramolecular Hbond substituents is 1. The first-order chi connectivity index (χ1) is 8.02. The topological polar surface area (TPSA) is 104 Å². The summed E-state index contributed by atoms with van der Waals surface area (Å²) in [4.78, 5) is 22.0. The number of rotatable bonds is 4. The van der Waals surface area contributed by atoms with E-state index in [1.807, 2.05) is 0 Å². The molecule has 0 fully saturated rings. The van der Waals surface area contributed by atoms with Gasteiger partial charge < -0.3 is 21.5 Å². The molecule has 0 spiro atoms. The summed E-state index contributed by atoms with van der Waals surface area (Å²) >= 11 is 0. The number of urea groups is 1. The van der Waals surface area contributed by atoms with Crippen molar-refractivity contribution in [3.63, 3.8) is 0 Å². The summed E-state index contributed by atoms with van der Waals surface area (Å²) < 4.78 is 0. The number of benzene rings is 1. The Bertz CT molecular complexity index is 432. The summed E-state index contributed by atoms with van der Waals surface area (Å²) in [5.74, 6) is -0.426. The van der Waals surface area contributed by atoms with Crippen molar-refractivity contribution >= 4 is 11.9 Å². The van der Waals surface area contributed by atoms with Crippen LogP contribution in [0, 0.1) is 6.92 Å². The van der Waals surface area contributed by atoms with E-state index in [-0.39, 0.29) is 24.4 Å². The molecule has 0 aromatic heterocycles. The number of carbonyl (C=O) groups is 2. The number of carbonyl (C=O) groups excluding carboxylic acids is 2. The van der Waals surface area contributed by atoms with Gasteiger partial charge in [-0.25, -0.2) is 4.79 Å². The lowest BCUT2D eigenvalue weighted by Crippen LogP contribution is -2.37. The molecule has 6 nitrogen and oxygen atoms in total. The highest BCUT2D eigenvalue weighted by Gasteiger charge is 2.11. The lowest BCUT2D eigenvalue weighted by Gasteiger charge is -2.08. The van der Waals surface area contributed by atoms with Crippen LogP contribution >= 0.6 is 0 Å². The minimum Gasteiger partial charge on any atom is -0.507 e. The lowest BCUT2D eigenvalue weighted by molar-refractivity contribution is 0.0951. The van der Waals surface area contributed by atoms with Crippen molar-refractivity contribution < 1.29 is 14.7 Å². The van der Waals surface area contributed by atoms with E-state index >= 15 is 0 Å². The van der Waals surface area contributed by atoms with Crippen LogP contribution in [0.1, 0.15) is 15.9 Å². The molecule has 0 unspecified atom stereocenters. The zero-order valence-corrected chi connectivity index (χ0v) is 9.49. The number of nitrogens with two attached hydrogens (primary N) is 1. The summed E-state index contributed by atoms with van der Waals surface area (Å²) in [5.41, 5.74) is 5.71. The molecular formula is C11H15N3O3. The summed E-state index contributed by atoms with van der Waals surface area (Å²) in [6.07, 6.45) is 0. The lowest BCUT2D eigenvalue weighted by atomic mass is 10.1. The van der Waals surface area contributed by atoms with Crippen LogP contribution in [0.5, 0.6) is 5.75 Å². The fourth-order valence-electron chi connectivity index (χ4n) is 1.30. The van der Waals surface area contributed by atoms with Crippen molar-refractivity contribution in [3.8, 4) is 5.75 Å². The number of aromatic hydroxyl groups is 1. The third-order valence-electron chi connectivity index (χ3n) is 2.19. The molecule has 0 saturated heterocycles. The van der Waals surface area contributed by atoms with Gasteiger partial charge in [-0.3, -0.25) is 4.79 Å². The summed E-state index contributed by atoms with van der Waals surface area (Å²) in [6, 6.07) is 4.28. The number of para-hydroxylation sites is 1. The van der Waals surface area contributed by atoms with Crippen LogP contribution in [0.25, 0.3) is 0 Å². The number of phenols is 1. The molecule has 17 heavy (non-hydrogen) atoms. The predicted octanol–water partition coefficient (Wildman–Crippen LogP) is 0.0987. The van der Waals surface area contributed by atoms with Crippen LogP contribution in [-0.4, -0.2) is 30.1 Å². The maximum atomic E-state index is 11.6. The first-order valence-corrected chi connectivity index (χ1v) is 5.12. The Labute approximate surface area is 98.8 Å². The van der Waals surface area contributed by atoms with Crippen LogP contribution in [0.15, 0.2) is 18.2 Å². The number of amides is 3. The zero-order chi connectivity index (χ0) is 12.8. The van der Waals surface area contributed by atoms with Gasteiger partial charge in [0.1, 0.15) is 5.75 Å². The number of aryl methyl sites for hydroxylation is 1. The van der Waals surface area contributed by atoms with Crippen molar-refractivity contribution in [1.29, 1.82) is 0 Å². The Morgan fingerprint density at radius 3 is 2.59 bits per heavy atom. The smallest absolute Gasteiger partial charge is 0.312 e. The molecule has 1 rings (SSSR count). The molecule has 0 aliphatic rings. The zero-order valence-electron chi connectivity index (χ0n) is 9.49. The van der Waals surface area contributed by atoms with Crippen molar-refractivity contribution in [1.82, 2.24) is 10.6 Å². The van der Waals surface area contributed by atoms with Gasteiger partial charge in [0.25, 0.3) is 5.91 Å². The summed E-state index contributed by atoms with van der Waals surface area (Å²) in [7, 11) is 0. The quantitative estimate of drug-likeness (QED) is 0.558.